The van der Waals surface area contributed by atoms with E-state index >= 15 is 0 Å². The number of carbonyl (C=O) groups is 1. The van der Waals surface area contributed by atoms with E-state index in [2.05, 4.69) is 0 Å². The molecule has 0 aromatic heterocycles. The number of ketones is 1. The van der Waals surface area contributed by atoms with Crippen LogP contribution in [0.2, 0.25) is 0 Å². The van der Waals surface area contributed by atoms with Crippen LogP contribution in [0.4, 0.5) is 0 Å². The van der Waals surface area contributed by atoms with Crippen molar-refractivity contribution in [2.24, 2.45) is 5.41 Å². The fourth-order valence-electron chi connectivity index (χ4n) is 7.84. The fourth-order valence-corrected chi connectivity index (χ4v) is 7.84. The van der Waals surface area contributed by atoms with Gasteiger partial charge in [-0.3, -0.25) is 4.79 Å². The van der Waals surface area contributed by atoms with Gasteiger partial charge in [0.05, 0.1) is 25.9 Å². The summed E-state index contributed by atoms with van der Waals surface area (Å²) in [5.41, 5.74) is -6.22. The minimum absolute atomic E-state index is 0.0574. The first kappa shape index (κ1) is 32.2. The van der Waals surface area contributed by atoms with Crippen molar-refractivity contribution in [1.29, 1.82) is 0 Å². The Bertz CT molecular complexity index is 1200. The summed E-state index contributed by atoms with van der Waals surface area (Å²) >= 11 is 0. The second kappa shape index (κ2) is 13.0. The van der Waals surface area contributed by atoms with Crippen molar-refractivity contribution in [1.82, 2.24) is 0 Å². The first-order valence-electron chi connectivity index (χ1n) is 15.6. The first-order valence-corrected chi connectivity index (χ1v) is 15.6. The minimum Gasteiger partial charge on any atom is -0.387 e. The van der Waals surface area contributed by atoms with Crippen molar-refractivity contribution in [2.45, 2.75) is 113 Å². The Hall–Kier alpha value is -2.21. The SMILES string of the molecule is CC(=O)[C@@]1(O)[C@@H](OCCCCC(COCc2ccccc2)OCc2ccccc2)[C@H](O)[C@@H](O)[C@@]2(O)C3(CCCCC3)[C@@]12O. The number of aliphatic hydroxyl groups is 5. The van der Waals surface area contributed by atoms with E-state index in [0.29, 0.717) is 64.8 Å². The summed E-state index contributed by atoms with van der Waals surface area (Å²) in [4.78, 5) is 12.9. The number of hydrogen-bond donors (Lipinski definition) is 5. The van der Waals surface area contributed by atoms with Crippen LogP contribution in [0.3, 0.4) is 0 Å². The third-order valence-corrected chi connectivity index (χ3v) is 10.1. The summed E-state index contributed by atoms with van der Waals surface area (Å²) in [7, 11) is 0. The van der Waals surface area contributed by atoms with Gasteiger partial charge >= 0.3 is 0 Å². The van der Waals surface area contributed by atoms with Gasteiger partial charge in [-0.15, -0.1) is 0 Å². The lowest BCUT2D eigenvalue weighted by Gasteiger charge is -2.47. The monoisotopic (exact) mass is 598 g/mol. The summed E-state index contributed by atoms with van der Waals surface area (Å²) in [6.45, 7) is 2.49. The van der Waals surface area contributed by atoms with Crippen LogP contribution in [-0.2, 0) is 32.2 Å². The molecule has 9 nitrogen and oxygen atoms in total. The van der Waals surface area contributed by atoms with Crippen LogP contribution in [0.25, 0.3) is 0 Å². The van der Waals surface area contributed by atoms with Gasteiger partial charge in [-0.1, -0.05) is 79.9 Å². The average molecular weight is 599 g/mol. The predicted molar refractivity (Wildman–Crippen MR) is 158 cm³/mol. The van der Waals surface area contributed by atoms with Crippen LogP contribution in [0.5, 0.6) is 0 Å². The molecule has 3 aliphatic rings. The average Bonchev–Trinajstić information content (AvgIpc) is 3.45. The zero-order chi connectivity index (χ0) is 30.7. The van der Waals surface area contributed by atoms with Crippen LogP contribution in [0.1, 0.15) is 69.4 Å². The maximum atomic E-state index is 12.9. The molecule has 0 amide bonds. The molecule has 0 saturated heterocycles. The van der Waals surface area contributed by atoms with E-state index in [4.69, 9.17) is 14.2 Å². The molecule has 236 valence electrons. The van der Waals surface area contributed by atoms with Gasteiger partial charge in [0.15, 0.2) is 11.4 Å². The number of unbranched alkanes of at least 4 members (excludes halogenated alkanes) is 1. The van der Waals surface area contributed by atoms with Crippen LogP contribution < -0.4 is 0 Å². The molecule has 1 spiro atoms. The van der Waals surface area contributed by atoms with E-state index in [1.165, 1.54) is 0 Å². The molecule has 3 aliphatic carbocycles. The van der Waals surface area contributed by atoms with Gasteiger partial charge in [0.2, 0.25) is 0 Å². The van der Waals surface area contributed by atoms with Gasteiger partial charge in [-0.25, -0.2) is 0 Å². The van der Waals surface area contributed by atoms with E-state index < -0.39 is 46.3 Å². The summed E-state index contributed by atoms with van der Waals surface area (Å²) in [5, 5.41) is 57.2. The van der Waals surface area contributed by atoms with Gasteiger partial charge in [0.1, 0.15) is 29.5 Å². The molecule has 9 heteroatoms. The molecule has 3 saturated carbocycles. The molecular weight excluding hydrogens is 552 g/mol. The number of rotatable bonds is 14. The number of fused-ring (bicyclic) bond motifs is 3. The second-order valence-electron chi connectivity index (χ2n) is 12.6. The number of ether oxygens (including phenoxy) is 3. The predicted octanol–water partition coefficient (Wildman–Crippen LogP) is 2.83. The standard InChI is InChI=1S/C34H46O9/c1-24(35)32(38)30(28(36)29(37)33(39)31(34(32,33)40)18-10-4-11-19-31)42-20-12-9-17-27(43-22-26-15-7-3-8-16-26)23-41-21-25-13-5-2-6-14-25/h2-3,5-8,13-16,27-30,36-40H,4,9-12,17-23H2,1H3/t27?,28-,29-,30+,32-,33-,34-/m1/s1. The normalized spacial score (nSPS) is 33.6. The zero-order valence-electron chi connectivity index (χ0n) is 24.9. The van der Waals surface area contributed by atoms with Crippen molar-refractivity contribution in [2.75, 3.05) is 13.2 Å². The highest BCUT2D eigenvalue weighted by Crippen LogP contribution is 2.78. The van der Waals surface area contributed by atoms with Crippen molar-refractivity contribution in [3.05, 3.63) is 71.8 Å². The first-order chi connectivity index (χ1) is 20.6. The Morgan fingerprint density at radius 3 is 2.09 bits per heavy atom. The summed E-state index contributed by atoms with van der Waals surface area (Å²) < 4.78 is 18.0. The Morgan fingerprint density at radius 1 is 0.884 bits per heavy atom. The molecule has 7 atom stereocenters. The minimum atomic E-state index is -2.57. The van der Waals surface area contributed by atoms with Crippen LogP contribution in [0, 0.1) is 5.41 Å². The Labute approximate surface area is 253 Å². The lowest BCUT2D eigenvalue weighted by Crippen LogP contribution is -2.74. The van der Waals surface area contributed by atoms with Crippen LogP contribution in [0.15, 0.2) is 60.7 Å². The molecule has 3 fully saturated rings. The topological polar surface area (TPSA) is 146 Å². The molecule has 1 unspecified atom stereocenters. The van der Waals surface area contributed by atoms with Crippen molar-refractivity contribution < 1.29 is 44.5 Å². The maximum absolute atomic E-state index is 12.9. The molecule has 2 aromatic carbocycles. The van der Waals surface area contributed by atoms with E-state index in [-0.39, 0.29) is 12.7 Å². The van der Waals surface area contributed by atoms with Crippen molar-refractivity contribution in [3.8, 4) is 0 Å². The molecule has 0 heterocycles. The van der Waals surface area contributed by atoms with Crippen LogP contribution >= 0.6 is 0 Å². The molecule has 43 heavy (non-hydrogen) atoms. The van der Waals surface area contributed by atoms with E-state index in [9.17, 15) is 30.3 Å². The summed E-state index contributed by atoms with van der Waals surface area (Å²) in [6.07, 6.45) is -0.563. The molecule has 5 N–H and O–H groups in total. The highest BCUT2D eigenvalue weighted by atomic mass is 16.5. The highest BCUT2D eigenvalue weighted by molar-refractivity contribution is 5.90. The lowest BCUT2D eigenvalue weighted by molar-refractivity contribution is -0.269. The third kappa shape index (κ3) is 5.38. The number of hydrogen-bond acceptors (Lipinski definition) is 9. The van der Waals surface area contributed by atoms with E-state index in [1.807, 2.05) is 60.7 Å². The Morgan fingerprint density at radius 2 is 1.49 bits per heavy atom. The molecule has 0 aliphatic heterocycles. The van der Waals surface area contributed by atoms with E-state index in [1.54, 1.807) is 0 Å². The molecule has 0 bridgehead atoms. The molecule has 5 rings (SSSR count). The largest absolute Gasteiger partial charge is 0.387 e. The molecule has 2 aromatic rings. The number of Topliss-reactive ketones (excluding diaryl/α,β-unsaturated/α-hetero) is 1. The van der Waals surface area contributed by atoms with Gasteiger partial charge in [0.25, 0.3) is 0 Å². The highest BCUT2D eigenvalue weighted by Gasteiger charge is 2.99. The number of carbonyl (C=O) groups excluding carboxylic acids is 1. The summed E-state index contributed by atoms with van der Waals surface area (Å²) in [6, 6.07) is 19.8. The zero-order valence-corrected chi connectivity index (χ0v) is 24.9. The molecular formula is C34H46O9. The maximum Gasteiger partial charge on any atom is 0.183 e. The van der Waals surface area contributed by atoms with Crippen molar-refractivity contribution >= 4 is 5.78 Å². The van der Waals surface area contributed by atoms with Crippen molar-refractivity contribution in [3.63, 3.8) is 0 Å². The van der Waals surface area contributed by atoms with Gasteiger partial charge in [-0.05, 0) is 50.2 Å². The number of aliphatic hydroxyl groups excluding tert-OH is 2. The third-order valence-electron chi connectivity index (χ3n) is 10.1. The van der Waals surface area contributed by atoms with Gasteiger partial charge in [0, 0.05) is 12.0 Å². The number of benzene rings is 2. The van der Waals surface area contributed by atoms with Gasteiger partial charge < -0.3 is 39.7 Å². The van der Waals surface area contributed by atoms with Crippen LogP contribution in [-0.4, -0.2) is 85.7 Å². The molecule has 0 radical (unpaired) electrons. The summed E-state index contributed by atoms with van der Waals surface area (Å²) in [5.74, 6) is -0.809. The smallest absolute Gasteiger partial charge is 0.183 e. The van der Waals surface area contributed by atoms with Gasteiger partial charge in [-0.2, -0.15) is 0 Å². The second-order valence-corrected chi connectivity index (χ2v) is 12.6. The van der Waals surface area contributed by atoms with E-state index in [0.717, 1.165) is 24.5 Å². The fraction of sp³-hybridized carbons (Fsp3) is 0.618. The Balaban J connectivity index is 1.19. The quantitative estimate of drug-likeness (QED) is 0.207. The lowest BCUT2D eigenvalue weighted by atomic mass is 9.71. The Kier molecular flexibility index (Phi) is 9.75.